The van der Waals surface area contributed by atoms with Crippen LogP contribution in [0.1, 0.15) is 28.4 Å². The minimum atomic E-state index is -0.295. The lowest BCUT2D eigenvalue weighted by atomic mass is 10.1. The van der Waals surface area contributed by atoms with Crippen molar-refractivity contribution < 1.29 is 19.4 Å². The fourth-order valence-corrected chi connectivity index (χ4v) is 2.67. The topological polar surface area (TPSA) is 67.8 Å². The molecule has 0 aliphatic rings. The lowest BCUT2D eigenvalue weighted by Gasteiger charge is -2.14. The van der Waals surface area contributed by atoms with Gasteiger partial charge in [-0.3, -0.25) is 4.79 Å². The number of carbonyl (C=O) groups excluding carboxylic acids is 1. The molecule has 2 N–H and O–H groups in total. The normalized spacial score (nSPS) is 10.4. The molecular weight excluding hydrogens is 354 g/mol. The molecule has 0 radical (unpaired) electrons. The Bertz CT molecular complexity index is 951. The highest BCUT2D eigenvalue weighted by atomic mass is 16.5. The first-order chi connectivity index (χ1) is 13.5. The van der Waals surface area contributed by atoms with Crippen molar-refractivity contribution >= 4 is 11.6 Å². The molecule has 0 aliphatic heterocycles. The Morgan fingerprint density at radius 2 is 1.75 bits per heavy atom. The van der Waals surface area contributed by atoms with Gasteiger partial charge >= 0.3 is 0 Å². The fraction of sp³-hybridized carbons (Fsp3) is 0.174. The van der Waals surface area contributed by atoms with Gasteiger partial charge in [0.05, 0.1) is 6.61 Å². The Kier molecular flexibility index (Phi) is 6.17. The van der Waals surface area contributed by atoms with E-state index in [-0.39, 0.29) is 11.7 Å². The highest BCUT2D eigenvalue weighted by Crippen LogP contribution is 2.30. The molecule has 0 bridgehead atoms. The van der Waals surface area contributed by atoms with Gasteiger partial charge in [0.15, 0.2) is 11.5 Å². The predicted molar refractivity (Wildman–Crippen MR) is 109 cm³/mol. The number of hydrogen-bond donors (Lipinski definition) is 2. The summed E-state index contributed by atoms with van der Waals surface area (Å²) in [5, 5.41) is 12.3. The molecule has 5 heteroatoms. The number of hydrogen-bond acceptors (Lipinski definition) is 4. The maximum absolute atomic E-state index is 12.5. The van der Waals surface area contributed by atoms with Crippen molar-refractivity contribution in [1.29, 1.82) is 0 Å². The zero-order valence-corrected chi connectivity index (χ0v) is 15.9. The molecule has 3 aromatic rings. The smallest absolute Gasteiger partial charge is 0.255 e. The first-order valence-corrected chi connectivity index (χ1v) is 9.10. The number of phenolic OH excluding ortho intramolecular Hbond substituents is 1. The molecule has 0 saturated carbocycles. The monoisotopic (exact) mass is 377 g/mol. The summed E-state index contributed by atoms with van der Waals surface area (Å²) < 4.78 is 11.6. The van der Waals surface area contributed by atoms with Crippen LogP contribution in [0.2, 0.25) is 0 Å². The molecule has 28 heavy (non-hydrogen) atoms. The number of nitrogens with one attached hydrogen (secondary N) is 1. The van der Waals surface area contributed by atoms with Crippen molar-refractivity contribution in [2.45, 2.75) is 20.5 Å². The van der Waals surface area contributed by atoms with Gasteiger partial charge in [-0.05, 0) is 49.7 Å². The van der Waals surface area contributed by atoms with E-state index in [0.717, 1.165) is 5.56 Å². The average molecular weight is 377 g/mol. The maximum Gasteiger partial charge on any atom is 0.255 e. The van der Waals surface area contributed by atoms with E-state index in [9.17, 15) is 9.90 Å². The molecule has 0 aliphatic carbocycles. The lowest BCUT2D eigenvalue weighted by Crippen LogP contribution is -2.12. The maximum atomic E-state index is 12.5. The van der Waals surface area contributed by atoms with Gasteiger partial charge in [0, 0.05) is 17.3 Å². The zero-order chi connectivity index (χ0) is 19.9. The van der Waals surface area contributed by atoms with Crippen LogP contribution in [-0.4, -0.2) is 17.6 Å². The Balaban J connectivity index is 1.74. The quantitative estimate of drug-likeness (QED) is 0.613. The molecule has 0 aromatic heterocycles. The van der Waals surface area contributed by atoms with Crippen LogP contribution in [0.5, 0.6) is 17.2 Å². The third-order valence-electron chi connectivity index (χ3n) is 4.12. The number of anilines is 1. The van der Waals surface area contributed by atoms with Crippen LogP contribution in [0.4, 0.5) is 5.69 Å². The number of carbonyl (C=O) groups is 1. The van der Waals surface area contributed by atoms with Crippen LogP contribution in [0.25, 0.3) is 0 Å². The molecule has 3 aromatic carbocycles. The SMILES string of the molecule is CCOc1cc(C(=O)Nc2cccc(O)c2)ccc1OCc1ccc(C)cc1. The van der Waals surface area contributed by atoms with Crippen molar-refractivity contribution in [3.63, 3.8) is 0 Å². The first kappa shape index (κ1) is 19.3. The third-order valence-corrected chi connectivity index (χ3v) is 4.12. The number of benzene rings is 3. The summed E-state index contributed by atoms with van der Waals surface area (Å²) in [6.45, 7) is 4.79. The second kappa shape index (κ2) is 8.95. The van der Waals surface area contributed by atoms with Gasteiger partial charge in [-0.1, -0.05) is 35.9 Å². The van der Waals surface area contributed by atoms with Crippen LogP contribution < -0.4 is 14.8 Å². The summed E-state index contributed by atoms with van der Waals surface area (Å²) in [6, 6.07) is 19.6. The molecule has 0 unspecified atom stereocenters. The number of rotatable bonds is 7. The molecule has 3 rings (SSSR count). The van der Waals surface area contributed by atoms with E-state index in [0.29, 0.717) is 36.0 Å². The number of aryl methyl sites for hydroxylation is 1. The minimum absolute atomic E-state index is 0.0904. The van der Waals surface area contributed by atoms with Gasteiger partial charge in [0.2, 0.25) is 0 Å². The van der Waals surface area contributed by atoms with Gasteiger partial charge in [0.25, 0.3) is 5.91 Å². The summed E-state index contributed by atoms with van der Waals surface area (Å²) in [7, 11) is 0. The fourth-order valence-electron chi connectivity index (χ4n) is 2.67. The standard InChI is InChI=1S/C23H23NO4/c1-3-27-22-13-18(23(26)24-19-5-4-6-20(25)14-19)11-12-21(22)28-15-17-9-7-16(2)8-10-17/h4-14,25H,3,15H2,1-2H3,(H,24,26). The molecule has 0 spiro atoms. The third kappa shape index (κ3) is 5.04. The second-order valence-corrected chi connectivity index (χ2v) is 6.37. The van der Waals surface area contributed by atoms with Gasteiger partial charge in [-0.15, -0.1) is 0 Å². The van der Waals surface area contributed by atoms with E-state index >= 15 is 0 Å². The summed E-state index contributed by atoms with van der Waals surface area (Å²) in [5.74, 6) is 0.888. The number of ether oxygens (including phenoxy) is 2. The Labute approximate surface area is 164 Å². The summed E-state index contributed by atoms with van der Waals surface area (Å²) in [4.78, 5) is 12.5. The number of aromatic hydroxyl groups is 1. The minimum Gasteiger partial charge on any atom is -0.508 e. The highest BCUT2D eigenvalue weighted by Gasteiger charge is 2.12. The Morgan fingerprint density at radius 3 is 2.46 bits per heavy atom. The molecule has 5 nitrogen and oxygen atoms in total. The Hall–Kier alpha value is -3.47. The highest BCUT2D eigenvalue weighted by molar-refractivity contribution is 6.04. The summed E-state index contributed by atoms with van der Waals surface area (Å²) in [6.07, 6.45) is 0. The largest absolute Gasteiger partial charge is 0.508 e. The van der Waals surface area contributed by atoms with Crippen molar-refractivity contribution in [2.24, 2.45) is 0 Å². The van der Waals surface area contributed by atoms with Gasteiger partial charge in [-0.25, -0.2) is 0 Å². The summed E-state index contributed by atoms with van der Waals surface area (Å²) in [5.41, 5.74) is 3.21. The van der Waals surface area contributed by atoms with Crippen molar-refractivity contribution in [1.82, 2.24) is 0 Å². The molecule has 0 fully saturated rings. The van der Waals surface area contributed by atoms with Crippen molar-refractivity contribution in [2.75, 3.05) is 11.9 Å². The van der Waals surface area contributed by atoms with E-state index < -0.39 is 0 Å². The lowest BCUT2D eigenvalue weighted by molar-refractivity contribution is 0.102. The molecular formula is C23H23NO4. The second-order valence-electron chi connectivity index (χ2n) is 6.37. The number of amides is 1. The molecule has 0 heterocycles. The average Bonchev–Trinajstić information content (AvgIpc) is 2.68. The zero-order valence-electron chi connectivity index (χ0n) is 15.9. The van der Waals surface area contributed by atoms with Gasteiger partial charge in [0.1, 0.15) is 12.4 Å². The van der Waals surface area contributed by atoms with E-state index in [4.69, 9.17) is 9.47 Å². The van der Waals surface area contributed by atoms with E-state index in [1.165, 1.54) is 11.6 Å². The molecule has 0 atom stereocenters. The number of phenols is 1. The van der Waals surface area contributed by atoms with Gasteiger partial charge in [-0.2, -0.15) is 0 Å². The molecule has 0 saturated heterocycles. The molecule has 144 valence electrons. The Morgan fingerprint density at radius 1 is 0.964 bits per heavy atom. The van der Waals surface area contributed by atoms with E-state index in [1.807, 2.05) is 38.1 Å². The van der Waals surface area contributed by atoms with Gasteiger partial charge < -0.3 is 19.9 Å². The summed E-state index contributed by atoms with van der Waals surface area (Å²) >= 11 is 0. The first-order valence-electron chi connectivity index (χ1n) is 9.10. The van der Waals surface area contributed by atoms with Crippen molar-refractivity contribution in [3.8, 4) is 17.2 Å². The van der Waals surface area contributed by atoms with Crippen LogP contribution in [0.15, 0.2) is 66.7 Å². The van der Waals surface area contributed by atoms with E-state index in [2.05, 4.69) is 5.32 Å². The molecule has 1 amide bonds. The van der Waals surface area contributed by atoms with Crippen LogP contribution in [-0.2, 0) is 6.61 Å². The van der Waals surface area contributed by atoms with E-state index in [1.54, 1.807) is 36.4 Å². The van der Waals surface area contributed by atoms with Crippen LogP contribution in [0.3, 0.4) is 0 Å². The predicted octanol–water partition coefficient (Wildman–Crippen LogP) is 4.93. The van der Waals surface area contributed by atoms with Crippen molar-refractivity contribution in [3.05, 3.63) is 83.4 Å². The van der Waals surface area contributed by atoms with Crippen LogP contribution in [0, 0.1) is 6.92 Å². The van der Waals surface area contributed by atoms with Crippen LogP contribution >= 0.6 is 0 Å².